The fraction of sp³-hybridized carbons (Fsp3) is 0.952. The lowest BCUT2D eigenvalue weighted by Gasteiger charge is -2.21. The van der Waals surface area contributed by atoms with E-state index in [1.807, 2.05) is 0 Å². The second kappa shape index (κ2) is 75.5. The van der Waals surface area contributed by atoms with Crippen LogP contribution < -0.4 is 0 Å². The van der Waals surface area contributed by atoms with E-state index in [-0.39, 0.29) is 25.7 Å². The van der Waals surface area contributed by atoms with Crippen molar-refractivity contribution < 1.29 is 80.2 Å². The third-order valence-electron chi connectivity index (χ3n) is 20.1. The van der Waals surface area contributed by atoms with Crippen LogP contribution in [0, 0.1) is 11.8 Å². The van der Waals surface area contributed by atoms with Crippen LogP contribution in [0.2, 0.25) is 0 Å². The van der Waals surface area contributed by atoms with Crippen molar-refractivity contribution in [1.82, 2.24) is 0 Å². The molecule has 3 N–H and O–H groups in total. The second-order valence-corrected chi connectivity index (χ2v) is 33.8. The smallest absolute Gasteiger partial charge is 0.462 e. The van der Waals surface area contributed by atoms with Crippen LogP contribution in [0.5, 0.6) is 0 Å². The molecule has 0 bridgehead atoms. The standard InChI is InChI=1S/C84H164O17P2/c1-7-10-12-14-16-18-20-22-23-24-28-31-34-38-42-49-55-61-67-82(87)94-72-79(100-83(88)68-62-56-50-43-39-35-32-29-26-25-27-30-33-36-40-46-52-58-64-76(4)5)74-98-102(90,91)96-70-78(85)71-97-103(92,93)99-75-80(101-84(89)69-63-57-51-45-44-47-53-59-65-77(6)9-3)73-95-81(86)66-60-54-48-41-37-21-19-17-15-13-11-8-2/h76-80,85H,7-75H2,1-6H3,(H,90,91)(H,92,93)/t77?,78-,79-,80-/m1/s1. The van der Waals surface area contributed by atoms with Gasteiger partial charge < -0.3 is 33.8 Å². The number of rotatable bonds is 83. The molecule has 0 aromatic heterocycles. The summed E-state index contributed by atoms with van der Waals surface area (Å²) >= 11 is 0. The number of phosphoric ester groups is 2. The van der Waals surface area contributed by atoms with Gasteiger partial charge in [0.2, 0.25) is 0 Å². The Balaban J connectivity index is 5.23. The lowest BCUT2D eigenvalue weighted by molar-refractivity contribution is -0.161. The average Bonchev–Trinajstić information content (AvgIpc) is 0.905. The van der Waals surface area contributed by atoms with Crippen molar-refractivity contribution >= 4 is 39.5 Å². The summed E-state index contributed by atoms with van der Waals surface area (Å²) in [5.74, 6) is -0.515. The number of ether oxygens (including phenoxy) is 4. The Labute approximate surface area is 632 Å². The molecule has 0 saturated heterocycles. The fourth-order valence-corrected chi connectivity index (χ4v) is 14.6. The van der Waals surface area contributed by atoms with Crippen LogP contribution in [0.25, 0.3) is 0 Å². The molecule has 0 aliphatic carbocycles. The summed E-state index contributed by atoms with van der Waals surface area (Å²) in [6.45, 7) is 9.69. The number of hydrogen-bond donors (Lipinski definition) is 3. The van der Waals surface area contributed by atoms with E-state index in [0.29, 0.717) is 25.7 Å². The van der Waals surface area contributed by atoms with Gasteiger partial charge in [0.25, 0.3) is 0 Å². The van der Waals surface area contributed by atoms with Gasteiger partial charge in [-0.15, -0.1) is 0 Å². The fourth-order valence-electron chi connectivity index (χ4n) is 13.0. The number of esters is 4. The Hall–Kier alpha value is -1.94. The van der Waals surface area contributed by atoms with Gasteiger partial charge >= 0.3 is 39.5 Å². The molecule has 0 aromatic rings. The Morgan fingerprint density at radius 2 is 0.495 bits per heavy atom. The zero-order valence-corrected chi connectivity index (χ0v) is 69.4. The molecule has 103 heavy (non-hydrogen) atoms. The van der Waals surface area contributed by atoms with E-state index < -0.39 is 97.5 Å². The van der Waals surface area contributed by atoms with E-state index >= 15 is 0 Å². The van der Waals surface area contributed by atoms with Crippen LogP contribution in [0.1, 0.15) is 446 Å². The van der Waals surface area contributed by atoms with Crippen LogP contribution in [0.15, 0.2) is 0 Å². The highest BCUT2D eigenvalue weighted by atomic mass is 31.2. The van der Waals surface area contributed by atoms with Crippen molar-refractivity contribution in [2.45, 2.75) is 464 Å². The summed E-state index contributed by atoms with van der Waals surface area (Å²) in [7, 11) is -9.92. The Morgan fingerprint density at radius 1 is 0.282 bits per heavy atom. The normalized spacial score (nSPS) is 14.1. The van der Waals surface area contributed by atoms with E-state index in [1.54, 1.807) is 0 Å². The number of aliphatic hydroxyl groups is 1. The van der Waals surface area contributed by atoms with Gasteiger partial charge in [-0.1, -0.05) is 395 Å². The molecule has 0 fully saturated rings. The SMILES string of the molecule is CCCCCCCCCCCCCCCCCCCCC(=O)OC[C@H](COP(=O)(O)OC[C@@H](O)COP(=O)(O)OC[C@@H](COC(=O)CCCCCCCCCCCCCC)OC(=O)CCCCCCCCCCC(C)CC)OC(=O)CCCCCCCCCCCCCCCCCCCCC(C)C. The maximum atomic E-state index is 13.1. The molecule has 6 atom stereocenters. The summed E-state index contributed by atoms with van der Waals surface area (Å²) < 4.78 is 68.8. The topological polar surface area (TPSA) is 237 Å². The lowest BCUT2D eigenvalue weighted by atomic mass is 9.99. The van der Waals surface area contributed by atoms with Crippen molar-refractivity contribution in [2.75, 3.05) is 39.6 Å². The van der Waals surface area contributed by atoms with Gasteiger partial charge in [0, 0.05) is 25.7 Å². The predicted octanol–water partition coefficient (Wildman–Crippen LogP) is 25.5. The third-order valence-corrected chi connectivity index (χ3v) is 22.0. The minimum Gasteiger partial charge on any atom is -0.462 e. The highest BCUT2D eigenvalue weighted by Gasteiger charge is 2.30. The van der Waals surface area contributed by atoms with Crippen LogP contribution in [-0.4, -0.2) is 96.7 Å². The Kier molecular flexibility index (Phi) is 74.1. The molecule has 0 spiro atoms. The van der Waals surface area contributed by atoms with Crippen LogP contribution in [-0.2, 0) is 65.4 Å². The first-order chi connectivity index (χ1) is 49.9. The largest absolute Gasteiger partial charge is 0.472 e. The maximum absolute atomic E-state index is 13.1. The highest BCUT2D eigenvalue weighted by Crippen LogP contribution is 2.45. The molecule has 0 aromatic carbocycles. The van der Waals surface area contributed by atoms with Gasteiger partial charge in [0.15, 0.2) is 12.2 Å². The quantitative estimate of drug-likeness (QED) is 0.0222. The highest BCUT2D eigenvalue weighted by molar-refractivity contribution is 7.47. The molecule has 0 amide bonds. The van der Waals surface area contributed by atoms with Crippen molar-refractivity contribution in [3.05, 3.63) is 0 Å². The van der Waals surface area contributed by atoms with Gasteiger partial charge in [-0.2, -0.15) is 0 Å². The average molecular weight is 1510 g/mol. The number of carbonyl (C=O) groups is 4. The van der Waals surface area contributed by atoms with Crippen molar-refractivity contribution in [2.24, 2.45) is 11.8 Å². The predicted molar refractivity (Wildman–Crippen MR) is 423 cm³/mol. The Bertz CT molecular complexity index is 1980. The van der Waals surface area contributed by atoms with Gasteiger partial charge in [0.05, 0.1) is 26.4 Å². The van der Waals surface area contributed by atoms with Crippen LogP contribution >= 0.6 is 15.6 Å². The molecule has 0 aliphatic rings. The molecule has 0 saturated carbocycles. The second-order valence-electron chi connectivity index (χ2n) is 30.9. The minimum absolute atomic E-state index is 0.106. The molecule has 0 aliphatic heterocycles. The molecule has 17 nitrogen and oxygen atoms in total. The summed E-state index contributed by atoms with van der Waals surface area (Å²) in [5, 5.41) is 10.7. The van der Waals surface area contributed by atoms with E-state index in [9.17, 15) is 43.2 Å². The van der Waals surface area contributed by atoms with E-state index in [4.69, 9.17) is 37.0 Å². The van der Waals surface area contributed by atoms with E-state index in [1.165, 1.54) is 263 Å². The van der Waals surface area contributed by atoms with Crippen molar-refractivity contribution in [3.63, 3.8) is 0 Å². The molecule has 0 rings (SSSR count). The van der Waals surface area contributed by atoms with E-state index in [2.05, 4.69) is 41.5 Å². The summed E-state index contributed by atoms with van der Waals surface area (Å²) in [6, 6.07) is 0. The van der Waals surface area contributed by atoms with Crippen molar-refractivity contribution in [1.29, 1.82) is 0 Å². The monoisotopic (exact) mass is 1510 g/mol. The van der Waals surface area contributed by atoms with Crippen molar-refractivity contribution in [3.8, 4) is 0 Å². The van der Waals surface area contributed by atoms with Gasteiger partial charge in [0.1, 0.15) is 19.3 Å². The number of phosphoric acid groups is 2. The maximum Gasteiger partial charge on any atom is 0.472 e. The van der Waals surface area contributed by atoms with E-state index in [0.717, 1.165) is 102 Å². The zero-order chi connectivity index (χ0) is 75.6. The third kappa shape index (κ3) is 76.6. The molecule has 0 heterocycles. The number of carbonyl (C=O) groups excluding carboxylic acids is 4. The summed E-state index contributed by atoms with van der Waals surface area (Å²) in [5.41, 5.74) is 0. The first-order valence-electron chi connectivity index (χ1n) is 43.5. The first kappa shape index (κ1) is 101. The molecule has 0 radical (unpaired) electrons. The summed E-state index contributed by atoms with van der Waals surface area (Å²) in [4.78, 5) is 73.1. The molecule has 3 unspecified atom stereocenters. The first-order valence-corrected chi connectivity index (χ1v) is 46.5. The molecular weight excluding hydrogens is 1340 g/mol. The van der Waals surface area contributed by atoms with Gasteiger partial charge in [-0.3, -0.25) is 37.3 Å². The molecular formula is C84H164O17P2. The number of unbranched alkanes of at least 4 members (excludes halogenated alkanes) is 52. The van der Waals surface area contributed by atoms with Gasteiger partial charge in [-0.05, 0) is 37.5 Å². The summed E-state index contributed by atoms with van der Waals surface area (Å²) in [6.07, 6.45) is 66.6. The Morgan fingerprint density at radius 3 is 0.738 bits per heavy atom. The van der Waals surface area contributed by atoms with Crippen LogP contribution in [0.4, 0.5) is 0 Å². The zero-order valence-electron chi connectivity index (χ0n) is 67.6. The van der Waals surface area contributed by atoms with Gasteiger partial charge in [-0.25, -0.2) is 9.13 Å². The number of aliphatic hydroxyl groups excluding tert-OH is 1. The molecule has 19 heteroatoms. The van der Waals surface area contributed by atoms with Crippen LogP contribution in [0.3, 0.4) is 0 Å². The lowest BCUT2D eigenvalue weighted by Crippen LogP contribution is -2.30. The number of hydrogen-bond acceptors (Lipinski definition) is 15. The minimum atomic E-state index is -4.96. The molecule has 612 valence electrons.